The van der Waals surface area contributed by atoms with Crippen molar-refractivity contribution in [3.63, 3.8) is 0 Å². The average molecular weight is 375 g/mol. The minimum atomic E-state index is -2.51. The molecule has 0 spiro atoms. The Balaban J connectivity index is 1.59. The van der Waals surface area contributed by atoms with Crippen molar-refractivity contribution < 1.29 is 8.78 Å². The van der Waals surface area contributed by atoms with Gasteiger partial charge in [0.1, 0.15) is 5.82 Å². The molecule has 2 aliphatic rings. The van der Waals surface area contributed by atoms with Gasteiger partial charge in [-0.25, -0.2) is 18.4 Å². The van der Waals surface area contributed by atoms with E-state index in [4.69, 9.17) is 4.98 Å². The van der Waals surface area contributed by atoms with Gasteiger partial charge in [0.25, 0.3) is 0 Å². The van der Waals surface area contributed by atoms with Crippen LogP contribution in [0.15, 0.2) is 24.4 Å². The number of nitrogens with zero attached hydrogens (tertiary/aromatic N) is 3. The van der Waals surface area contributed by atoms with Gasteiger partial charge in [-0.1, -0.05) is 0 Å². The number of aromatic nitrogens is 3. The summed E-state index contributed by atoms with van der Waals surface area (Å²) >= 11 is 0. The van der Waals surface area contributed by atoms with E-state index >= 15 is 0 Å². The number of anilines is 1. The molecule has 27 heavy (non-hydrogen) atoms. The Morgan fingerprint density at radius 1 is 1.15 bits per heavy atom. The van der Waals surface area contributed by atoms with Gasteiger partial charge < -0.3 is 10.6 Å². The second-order valence-electron chi connectivity index (χ2n) is 7.84. The van der Waals surface area contributed by atoms with Crippen molar-refractivity contribution in [3.8, 4) is 5.82 Å². The minimum Gasteiger partial charge on any atom is -0.367 e. The molecule has 4 rings (SSSR count). The number of pyridine rings is 1. The molecule has 3 heterocycles. The van der Waals surface area contributed by atoms with Crippen LogP contribution in [-0.4, -0.2) is 39.8 Å². The normalized spacial score (nSPS) is 21.3. The van der Waals surface area contributed by atoms with Crippen LogP contribution >= 0.6 is 0 Å². The first-order chi connectivity index (χ1) is 13.0. The molecule has 2 aromatic rings. The third-order valence-corrected chi connectivity index (χ3v) is 5.67. The molecule has 1 saturated heterocycles. The highest BCUT2D eigenvalue weighted by molar-refractivity contribution is 5.46. The fourth-order valence-electron chi connectivity index (χ4n) is 4.06. The number of hydrogen-bond acceptors (Lipinski definition) is 4. The summed E-state index contributed by atoms with van der Waals surface area (Å²) in [6, 6.07) is 6.22. The molecular weight excluding hydrogens is 348 g/mol. The maximum atomic E-state index is 13.5. The minimum absolute atomic E-state index is 0.0487. The molecular formula is C20H27F2N5. The third kappa shape index (κ3) is 4.46. The second kappa shape index (κ2) is 7.54. The Morgan fingerprint density at radius 2 is 1.89 bits per heavy atom. The van der Waals surface area contributed by atoms with Crippen LogP contribution < -0.4 is 10.6 Å². The maximum absolute atomic E-state index is 13.5. The van der Waals surface area contributed by atoms with Crippen molar-refractivity contribution in [1.82, 2.24) is 20.1 Å². The molecule has 0 bridgehead atoms. The molecule has 0 unspecified atom stereocenters. The van der Waals surface area contributed by atoms with Gasteiger partial charge in [0.15, 0.2) is 5.82 Å². The van der Waals surface area contributed by atoms with Crippen LogP contribution in [-0.2, 0) is 0 Å². The lowest BCUT2D eigenvalue weighted by Crippen LogP contribution is -2.32. The topological polar surface area (TPSA) is 54.8 Å². The molecule has 1 aliphatic carbocycles. The van der Waals surface area contributed by atoms with Gasteiger partial charge in [0, 0.05) is 25.1 Å². The van der Waals surface area contributed by atoms with Gasteiger partial charge in [-0.3, -0.25) is 0 Å². The zero-order valence-corrected chi connectivity index (χ0v) is 15.7. The Hall–Kier alpha value is -2.02. The monoisotopic (exact) mass is 375 g/mol. The molecule has 0 aromatic carbocycles. The van der Waals surface area contributed by atoms with Crippen molar-refractivity contribution in [2.24, 2.45) is 0 Å². The van der Waals surface area contributed by atoms with Crippen LogP contribution in [0, 0.1) is 6.92 Å². The summed E-state index contributed by atoms with van der Waals surface area (Å²) in [4.78, 5) is 4.73. The molecule has 0 radical (unpaired) electrons. The predicted molar refractivity (Wildman–Crippen MR) is 102 cm³/mol. The molecule has 2 fully saturated rings. The number of rotatable bonds is 4. The fraction of sp³-hybridized carbons (Fsp3) is 0.600. The molecule has 0 atom stereocenters. The first-order valence-electron chi connectivity index (χ1n) is 9.88. The molecule has 7 heteroatoms. The first kappa shape index (κ1) is 18.3. The van der Waals surface area contributed by atoms with Crippen molar-refractivity contribution >= 4 is 5.82 Å². The summed E-state index contributed by atoms with van der Waals surface area (Å²) in [5.74, 6) is -0.478. The molecule has 1 saturated carbocycles. The van der Waals surface area contributed by atoms with E-state index in [0.717, 1.165) is 43.3 Å². The lowest BCUT2D eigenvalue weighted by Gasteiger charge is -2.30. The van der Waals surface area contributed by atoms with Crippen LogP contribution in [0.3, 0.4) is 0 Å². The van der Waals surface area contributed by atoms with Gasteiger partial charge in [-0.2, -0.15) is 5.10 Å². The largest absolute Gasteiger partial charge is 0.367 e. The number of piperidine rings is 1. The molecule has 146 valence electrons. The number of hydrogen-bond donors (Lipinski definition) is 2. The number of halogens is 2. The number of nitrogens with one attached hydrogen (secondary N) is 2. The lowest BCUT2D eigenvalue weighted by molar-refractivity contribution is -0.0361. The summed E-state index contributed by atoms with van der Waals surface area (Å²) < 4.78 is 28.7. The highest BCUT2D eigenvalue weighted by Gasteiger charge is 2.35. The lowest BCUT2D eigenvalue weighted by atomic mass is 9.90. The van der Waals surface area contributed by atoms with Crippen molar-refractivity contribution in [3.05, 3.63) is 35.7 Å². The van der Waals surface area contributed by atoms with E-state index in [9.17, 15) is 8.78 Å². The quantitative estimate of drug-likeness (QED) is 0.847. The smallest absolute Gasteiger partial charge is 0.248 e. The van der Waals surface area contributed by atoms with Gasteiger partial charge in [0.2, 0.25) is 5.92 Å². The zero-order chi connectivity index (χ0) is 18.9. The van der Waals surface area contributed by atoms with E-state index in [1.807, 2.05) is 19.2 Å². The summed E-state index contributed by atoms with van der Waals surface area (Å²) in [7, 11) is 0. The predicted octanol–water partition coefficient (Wildman–Crippen LogP) is 4.03. The highest BCUT2D eigenvalue weighted by atomic mass is 19.3. The van der Waals surface area contributed by atoms with Crippen molar-refractivity contribution in [2.75, 3.05) is 18.4 Å². The maximum Gasteiger partial charge on any atom is 0.248 e. The summed E-state index contributed by atoms with van der Waals surface area (Å²) in [5, 5.41) is 11.3. The van der Waals surface area contributed by atoms with Gasteiger partial charge in [-0.15, -0.1) is 0 Å². The average Bonchev–Trinajstić information content (AvgIpc) is 3.10. The number of alkyl halides is 2. The number of aryl methyl sites for hydroxylation is 1. The fourth-order valence-corrected chi connectivity index (χ4v) is 4.06. The summed E-state index contributed by atoms with van der Waals surface area (Å²) in [6.45, 7) is 3.99. The van der Waals surface area contributed by atoms with Crippen molar-refractivity contribution in [2.45, 2.75) is 63.3 Å². The molecule has 1 aliphatic heterocycles. The highest BCUT2D eigenvalue weighted by Crippen LogP contribution is 2.35. The van der Waals surface area contributed by atoms with E-state index in [1.165, 1.54) is 5.56 Å². The third-order valence-electron chi connectivity index (χ3n) is 5.67. The standard InChI is InChI=1S/C20H27F2N5/c1-14-6-11-27(26-14)19-13-16(15-4-9-23-10-5-15)12-18(25-19)24-17-2-7-20(21,22)8-3-17/h6,11-13,15,17,23H,2-5,7-10H2,1H3,(H,24,25). The van der Waals surface area contributed by atoms with E-state index < -0.39 is 5.92 Å². The van der Waals surface area contributed by atoms with Crippen LogP contribution in [0.4, 0.5) is 14.6 Å². The Labute approximate surface area is 158 Å². The van der Waals surface area contributed by atoms with Crippen LogP contribution in [0.25, 0.3) is 5.82 Å². The molecule has 2 N–H and O–H groups in total. The first-order valence-corrected chi connectivity index (χ1v) is 9.88. The molecule has 0 amide bonds. The molecule has 2 aromatic heterocycles. The van der Waals surface area contributed by atoms with Gasteiger partial charge in [-0.05, 0) is 75.4 Å². The Morgan fingerprint density at radius 3 is 2.56 bits per heavy atom. The second-order valence-corrected chi connectivity index (χ2v) is 7.84. The van der Waals surface area contributed by atoms with E-state index in [-0.39, 0.29) is 18.9 Å². The molecule has 5 nitrogen and oxygen atoms in total. The van der Waals surface area contributed by atoms with Gasteiger partial charge in [0.05, 0.1) is 5.69 Å². The van der Waals surface area contributed by atoms with Crippen LogP contribution in [0.5, 0.6) is 0 Å². The van der Waals surface area contributed by atoms with Crippen LogP contribution in [0.1, 0.15) is 55.7 Å². The van der Waals surface area contributed by atoms with E-state index in [0.29, 0.717) is 18.8 Å². The van der Waals surface area contributed by atoms with E-state index in [2.05, 4.69) is 27.9 Å². The zero-order valence-electron chi connectivity index (χ0n) is 15.7. The van der Waals surface area contributed by atoms with E-state index in [1.54, 1.807) is 4.68 Å². The summed E-state index contributed by atoms with van der Waals surface area (Å²) in [5.41, 5.74) is 2.19. The van der Waals surface area contributed by atoms with Crippen molar-refractivity contribution in [1.29, 1.82) is 0 Å². The SMILES string of the molecule is Cc1ccn(-c2cc(C3CCNCC3)cc(NC3CCC(F)(F)CC3)n2)n1. The van der Waals surface area contributed by atoms with Crippen LogP contribution in [0.2, 0.25) is 0 Å². The summed E-state index contributed by atoms with van der Waals surface area (Å²) in [6.07, 6.45) is 4.95. The Bertz CT molecular complexity index is 772. The Kier molecular flexibility index (Phi) is 5.12. The van der Waals surface area contributed by atoms with Gasteiger partial charge >= 0.3 is 0 Å².